The molecular formula is C21H30N2O3. The Hall–Kier alpha value is -2.17. The van der Waals surface area contributed by atoms with Crippen LogP contribution < -0.4 is 5.32 Å². The van der Waals surface area contributed by atoms with Crippen LogP contribution in [0.1, 0.15) is 61.0 Å². The average Bonchev–Trinajstić information content (AvgIpc) is 2.61. The topological polar surface area (TPSA) is 66.5 Å². The first-order valence-corrected chi connectivity index (χ1v) is 9.46. The largest absolute Gasteiger partial charge is 0.354 e. The van der Waals surface area contributed by atoms with Crippen LogP contribution in [0.15, 0.2) is 18.2 Å². The normalized spacial score (nSPS) is 15.2. The Kier molecular flexibility index (Phi) is 6.95. The molecule has 0 aliphatic carbocycles. The number of rotatable bonds is 6. The molecule has 0 radical (unpaired) electrons. The summed E-state index contributed by atoms with van der Waals surface area (Å²) in [5.41, 5.74) is 2.91. The van der Waals surface area contributed by atoms with Crippen molar-refractivity contribution in [3.63, 3.8) is 0 Å². The molecule has 1 aromatic rings. The van der Waals surface area contributed by atoms with E-state index in [1.807, 2.05) is 45.9 Å². The van der Waals surface area contributed by atoms with Gasteiger partial charge in [0.2, 0.25) is 11.8 Å². The summed E-state index contributed by atoms with van der Waals surface area (Å²) in [5.74, 6) is 0.0770. The van der Waals surface area contributed by atoms with Crippen molar-refractivity contribution < 1.29 is 14.4 Å². The van der Waals surface area contributed by atoms with Gasteiger partial charge >= 0.3 is 0 Å². The van der Waals surface area contributed by atoms with Gasteiger partial charge in [-0.1, -0.05) is 12.1 Å². The highest BCUT2D eigenvalue weighted by atomic mass is 16.2. The number of carbonyl (C=O) groups is 3. The summed E-state index contributed by atoms with van der Waals surface area (Å²) in [6, 6.07) is 5.80. The van der Waals surface area contributed by atoms with E-state index in [0.717, 1.165) is 11.1 Å². The van der Waals surface area contributed by atoms with E-state index in [2.05, 4.69) is 5.32 Å². The van der Waals surface area contributed by atoms with Gasteiger partial charge in [0.05, 0.1) is 0 Å². The maximum absolute atomic E-state index is 12.4. The van der Waals surface area contributed by atoms with Gasteiger partial charge in [-0.15, -0.1) is 0 Å². The predicted molar refractivity (Wildman–Crippen MR) is 102 cm³/mol. The van der Waals surface area contributed by atoms with Crippen LogP contribution in [0.3, 0.4) is 0 Å². The lowest BCUT2D eigenvalue weighted by atomic mass is 9.95. The molecule has 1 N–H and O–H groups in total. The minimum absolute atomic E-state index is 0.00454. The van der Waals surface area contributed by atoms with Crippen LogP contribution >= 0.6 is 0 Å². The molecule has 0 spiro atoms. The van der Waals surface area contributed by atoms with Crippen LogP contribution in [0.2, 0.25) is 0 Å². The Labute approximate surface area is 156 Å². The lowest BCUT2D eigenvalue weighted by Crippen LogP contribution is -2.44. The molecule has 2 rings (SSSR count). The molecule has 2 amide bonds. The van der Waals surface area contributed by atoms with E-state index in [1.54, 1.807) is 4.90 Å². The van der Waals surface area contributed by atoms with Crippen molar-refractivity contribution >= 4 is 17.6 Å². The minimum atomic E-state index is -0.0152. The second kappa shape index (κ2) is 8.97. The van der Waals surface area contributed by atoms with Gasteiger partial charge in [-0.2, -0.15) is 0 Å². The zero-order valence-corrected chi connectivity index (χ0v) is 16.3. The lowest BCUT2D eigenvalue weighted by molar-refractivity contribution is -0.135. The highest BCUT2D eigenvalue weighted by Crippen LogP contribution is 2.19. The maximum atomic E-state index is 12.4. The van der Waals surface area contributed by atoms with Crippen molar-refractivity contribution in [3.8, 4) is 0 Å². The van der Waals surface area contributed by atoms with Gasteiger partial charge in [0.15, 0.2) is 5.78 Å². The molecule has 0 atom stereocenters. The van der Waals surface area contributed by atoms with E-state index in [0.29, 0.717) is 31.5 Å². The van der Waals surface area contributed by atoms with Gasteiger partial charge in [0.25, 0.3) is 0 Å². The number of carbonyl (C=O) groups excluding carboxylic acids is 3. The SMILES string of the molecule is Cc1ccc(C(=O)CCC(=O)N2CCC(C(=O)NC(C)C)CC2)cc1C. The number of benzene rings is 1. The summed E-state index contributed by atoms with van der Waals surface area (Å²) in [6.45, 7) is 9.07. The summed E-state index contributed by atoms with van der Waals surface area (Å²) in [7, 11) is 0. The van der Waals surface area contributed by atoms with E-state index < -0.39 is 0 Å². The molecule has 0 unspecified atom stereocenters. The Bertz CT molecular complexity index is 674. The molecule has 5 heteroatoms. The molecule has 0 bridgehead atoms. The molecule has 0 aromatic heterocycles. The molecule has 142 valence electrons. The van der Waals surface area contributed by atoms with E-state index in [4.69, 9.17) is 0 Å². The number of nitrogens with zero attached hydrogens (tertiary/aromatic N) is 1. The number of ketones is 1. The quantitative estimate of drug-likeness (QED) is 0.795. The molecule has 5 nitrogen and oxygen atoms in total. The molecule has 1 heterocycles. The second-order valence-corrected chi connectivity index (χ2v) is 7.54. The molecule has 0 saturated carbocycles. The van der Waals surface area contributed by atoms with Gasteiger partial charge in [0.1, 0.15) is 0 Å². The smallest absolute Gasteiger partial charge is 0.223 e. The summed E-state index contributed by atoms with van der Waals surface area (Å²) in [6.07, 6.45) is 1.84. The summed E-state index contributed by atoms with van der Waals surface area (Å²) in [5, 5.41) is 2.94. The van der Waals surface area contributed by atoms with Gasteiger partial charge < -0.3 is 10.2 Å². The number of piperidine rings is 1. The first-order valence-electron chi connectivity index (χ1n) is 9.46. The van der Waals surface area contributed by atoms with Crippen molar-refractivity contribution in [3.05, 3.63) is 34.9 Å². The Morgan fingerprint density at radius 1 is 1.08 bits per heavy atom. The number of aryl methyl sites for hydroxylation is 2. The van der Waals surface area contributed by atoms with E-state index in [-0.39, 0.29) is 42.4 Å². The van der Waals surface area contributed by atoms with Crippen LogP contribution in [-0.4, -0.2) is 41.6 Å². The van der Waals surface area contributed by atoms with Gasteiger partial charge in [-0.05, 0) is 57.7 Å². The second-order valence-electron chi connectivity index (χ2n) is 7.54. The standard InChI is InChI=1S/C21H30N2O3/c1-14(2)22-21(26)17-9-11-23(12-10-17)20(25)8-7-19(24)18-6-5-15(3)16(4)13-18/h5-6,13-14,17H,7-12H2,1-4H3,(H,22,26). The number of nitrogens with one attached hydrogen (secondary N) is 1. The van der Waals surface area contributed by atoms with Crippen molar-refractivity contribution in [2.24, 2.45) is 5.92 Å². The molecule has 1 saturated heterocycles. The Balaban J connectivity index is 1.79. The third-order valence-corrected chi connectivity index (χ3v) is 5.04. The van der Waals surface area contributed by atoms with Crippen LogP contribution in [0.25, 0.3) is 0 Å². The fraction of sp³-hybridized carbons (Fsp3) is 0.571. The molecule has 1 fully saturated rings. The van der Waals surface area contributed by atoms with Gasteiger partial charge in [-0.25, -0.2) is 0 Å². The number of likely N-dealkylation sites (tertiary alicyclic amines) is 1. The summed E-state index contributed by atoms with van der Waals surface area (Å²) >= 11 is 0. The Morgan fingerprint density at radius 3 is 2.31 bits per heavy atom. The van der Waals surface area contributed by atoms with Crippen LogP contribution in [0, 0.1) is 19.8 Å². The van der Waals surface area contributed by atoms with Crippen molar-refractivity contribution in [1.29, 1.82) is 0 Å². The monoisotopic (exact) mass is 358 g/mol. The zero-order valence-electron chi connectivity index (χ0n) is 16.3. The summed E-state index contributed by atoms with van der Waals surface area (Å²) < 4.78 is 0. The van der Waals surface area contributed by atoms with Gasteiger partial charge in [0, 0.05) is 43.5 Å². The molecule has 1 aliphatic rings. The molecule has 1 aromatic carbocycles. The predicted octanol–water partition coefficient (Wildman–Crippen LogP) is 3.03. The average molecular weight is 358 g/mol. The zero-order chi connectivity index (χ0) is 19.3. The van der Waals surface area contributed by atoms with Crippen molar-refractivity contribution in [2.75, 3.05) is 13.1 Å². The van der Waals surface area contributed by atoms with E-state index >= 15 is 0 Å². The third kappa shape index (κ3) is 5.41. The molecule has 1 aliphatic heterocycles. The first-order chi connectivity index (χ1) is 12.3. The molecular weight excluding hydrogens is 328 g/mol. The summed E-state index contributed by atoms with van der Waals surface area (Å²) in [4.78, 5) is 38.5. The van der Waals surface area contributed by atoms with Crippen molar-refractivity contribution in [1.82, 2.24) is 10.2 Å². The fourth-order valence-electron chi connectivity index (χ4n) is 3.23. The Morgan fingerprint density at radius 2 is 1.73 bits per heavy atom. The van der Waals surface area contributed by atoms with Gasteiger partial charge in [-0.3, -0.25) is 14.4 Å². The third-order valence-electron chi connectivity index (χ3n) is 5.04. The number of amides is 2. The van der Waals surface area contributed by atoms with Crippen LogP contribution in [0.4, 0.5) is 0 Å². The highest BCUT2D eigenvalue weighted by molar-refractivity contribution is 5.98. The number of Topliss-reactive ketones (excluding diaryl/α,β-unsaturated/α-hetero) is 1. The highest BCUT2D eigenvalue weighted by Gasteiger charge is 2.27. The van der Waals surface area contributed by atoms with Crippen LogP contribution in [0.5, 0.6) is 0 Å². The van der Waals surface area contributed by atoms with Crippen LogP contribution in [-0.2, 0) is 9.59 Å². The minimum Gasteiger partial charge on any atom is -0.354 e. The van der Waals surface area contributed by atoms with Crippen molar-refractivity contribution in [2.45, 2.75) is 59.4 Å². The maximum Gasteiger partial charge on any atom is 0.223 e. The first kappa shape index (κ1) is 20.1. The van der Waals surface area contributed by atoms with E-state index in [1.165, 1.54) is 0 Å². The molecule has 26 heavy (non-hydrogen) atoms. The fourth-order valence-corrected chi connectivity index (χ4v) is 3.23. The van der Waals surface area contributed by atoms with E-state index in [9.17, 15) is 14.4 Å². The lowest BCUT2D eigenvalue weighted by Gasteiger charge is -2.31. The number of hydrogen-bond donors (Lipinski definition) is 1. The number of hydrogen-bond acceptors (Lipinski definition) is 3.